The normalized spacial score (nSPS) is 24.6. The molecular formula is C21H24N4O2. The highest BCUT2D eigenvalue weighted by Crippen LogP contribution is 2.57. The molecule has 3 fully saturated rings. The van der Waals surface area contributed by atoms with Crippen LogP contribution in [0.2, 0.25) is 0 Å². The molecule has 0 aromatic carbocycles. The number of carbonyl (C=O) groups is 1. The molecule has 0 radical (unpaired) electrons. The Balaban J connectivity index is 1.28. The molecule has 3 heterocycles. The molecule has 5 rings (SSSR count). The third kappa shape index (κ3) is 2.86. The summed E-state index contributed by atoms with van der Waals surface area (Å²) in [5.74, 6) is -0.0481. The van der Waals surface area contributed by atoms with Crippen LogP contribution in [-0.2, 0) is 9.53 Å². The van der Waals surface area contributed by atoms with Crippen molar-refractivity contribution < 1.29 is 9.53 Å². The van der Waals surface area contributed by atoms with Crippen molar-refractivity contribution in [1.29, 1.82) is 5.26 Å². The molecule has 0 amide bonds. The third-order valence-corrected chi connectivity index (χ3v) is 6.82. The van der Waals surface area contributed by atoms with Crippen LogP contribution in [0.25, 0.3) is 11.0 Å². The van der Waals surface area contributed by atoms with E-state index >= 15 is 0 Å². The number of aromatic amines is 1. The summed E-state index contributed by atoms with van der Waals surface area (Å²) in [6, 6.07) is 6.38. The molecule has 1 N–H and O–H groups in total. The summed E-state index contributed by atoms with van der Waals surface area (Å²) in [5.41, 5.74) is 2.13. The zero-order valence-corrected chi connectivity index (χ0v) is 15.4. The monoisotopic (exact) mass is 364 g/mol. The van der Waals surface area contributed by atoms with Crippen LogP contribution in [0.15, 0.2) is 24.5 Å². The number of nitriles is 1. The van der Waals surface area contributed by atoms with Crippen molar-refractivity contribution in [1.82, 2.24) is 9.97 Å². The molecule has 27 heavy (non-hydrogen) atoms. The molecule has 2 saturated carbocycles. The van der Waals surface area contributed by atoms with Crippen molar-refractivity contribution in [2.45, 2.75) is 38.5 Å². The van der Waals surface area contributed by atoms with Gasteiger partial charge in [-0.05, 0) is 44.2 Å². The van der Waals surface area contributed by atoms with E-state index in [-0.39, 0.29) is 22.7 Å². The van der Waals surface area contributed by atoms with E-state index in [0.717, 1.165) is 56.2 Å². The minimum atomic E-state index is -0.0436. The lowest BCUT2D eigenvalue weighted by atomic mass is 9.82. The van der Waals surface area contributed by atoms with E-state index < -0.39 is 0 Å². The molecule has 1 atom stereocenters. The molecule has 1 spiro atoms. The summed E-state index contributed by atoms with van der Waals surface area (Å²) in [5, 5.41) is 10.1. The van der Waals surface area contributed by atoms with Crippen LogP contribution >= 0.6 is 0 Å². The van der Waals surface area contributed by atoms with Crippen LogP contribution in [0.1, 0.15) is 38.5 Å². The zero-order valence-electron chi connectivity index (χ0n) is 15.4. The SMILES string of the molecule is N#CCC1(COC(=O)C2CCN(c3ccnc4[nH]ccc34)CC23CC3)CC1. The first kappa shape index (κ1) is 16.6. The van der Waals surface area contributed by atoms with Gasteiger partial charge in [0.05, 0.1) is 18.6 Å². The van der Waals surface area contributed by atoms with Crippen LogP contribution in [0, 0.1) is 28.1 Å². The first-order chi connectivity index (χ1) is 13.1. The van der Waals surface area contributed by atoms with Crippen molar-refractivity contribution in [3.8, 4) is 6.07 Å². The van der Waals surface area contributed by atoms with E-state index in [9.17, 15) is 4.79 Å². The molecule has 1 saturated heterocycles. The second-order valence-corrected chi connectivity index (χ2v) is 8.64. The predicted molar refractivity (Wildman–Crippen MR) is 101 cm³/mol. The maximum absolute atomic E-state index is 12.8. The van der Waals surface area contributed by atoms with E-state index in [1.165, 1.54) is 5.69 Å². The van der Waals surface area contributed by atoms with Gasteiger partial charge in [0.15, 0.2) is 0 Å². The number of hydrogen-bond acceptors (Lipinski definition) is 5. The minimum Gasteiger partial charge on any atom is -0.465 e. The number of esters is 1. The summed E-state index contributed by atoms with van der Waals surface area (Å²) < 4.78 is 5.71. The summed E-state index contributed by atoms with van der Waals surface area (Å²) >= 11 is 0. The fourth-order valence-corrected chi connectivity index (χ4v) is 4.66. The van der Waals surface area contributed by atoms with Crippen molar-refractivity contribution >= 4 is 22.7 Å². The van der Waals surface area contributed by atoms with Gasteiger partial charge in [-0.1, -0.05) is 0 Å². The number of hydrogen-bond donors (Lipinski definition) is 1. The fraction of sp³-hybridized carbons (Fsp3) is 0.571. The van der Waals surface area contributed by atoms with Gasteiger partial charge in [-0.15, -0.1) is 0 Å². The van der Waals surface area contributed by atoms with Gasteiger partial charge >= 0.3 is 5.97 Å². The number of pyridine rings is 1. The molecule has 0 bridgehead atoms. The van der Waals surface area contributed by atoms with Gasteiger partial charge in [0, 0.05) is 53.8 Å². The van der Waals surface area contributed by atoms with Gasteiger partial charge in [0.2, 0.25) is 0 Å². The molecule has 6 heteroatoms. The largest absolute Gasteiger partial charge is 0.465 e. The quantitative estimate of drug-likeness (QED) is 0.822. The Kier molecular flexibility index (Phi) is 3.68. The number of aromatic nitrogens is 2. The summed E-state index contributed by atoms with van der Waals surface area (Å²) in [6.07, 6.45) is 9.29. The average molecular weight is 364 g/mol. The van der Waals surface area contributed by atoms with Crippen LogP contribution in [0.4, 0.5) is 5.69 Å². The number of fused-ring (bicyclic) bond motifs is 1. The highest BCUT2D eigenvalue weighted by molar-refractivity contribution is 5.90. The number of rotatable bonds is 5. The Bertz CT molecular complexity index is 920. The van der Waals surface area contributed by atoms with Crippen molar-refractivity contribution in [2.24, 2.45) is 16.7 Å². The lowest BCUT2D eigenvalue weighted by molar-refractivity contribution is -0.153. The zero-order chi connectivity index (χ0) is 18.5. The highest BCUT2D eigenvalue weighted by Gasteiger charge is 2.56. The maximum Gasteiger partial charge on any atom is 0.309 e. The number of carbonyl (C=O) groups excluding carboxylic acids is 1. The topological polar surface area (TPSA) is 82.0 Å². The smallest absolute Gasteiger partial charge is 0.309 e. The van der Waals surface area contributed by atoms with Gasteiger partial charge in [-0.3, -0.25) is 4.79 Å². The van der Waals surface area contributed by atoms with Gasteiger partial charge < -0.3 is 14.6 Å². The molecular weight excluding hydrogens is 340 g/mol. The predicted octanol–water partition coefficient (Wildman–Crippen LogP) is 3.41. The van der Waals surface area contributed by atoms with Crippen molar-refractivity contribution in [3.05, 3.63) is 24.5 Å². The third-order valence-electron chi connectivity index (χ3n) is 6.82. The molecule has 2 aromatic heterocycles. The number of ether oxygens (including phenoxy) is 1. The van der Waals surface area contributed by atoms with Crippen LogP contribution in [0.5, 0.6) is 0 Å². The molecule has 3 aliphatic rings. The number of nitrogens with one attached hydrogen (secondary N) is 1. The Labute approximate surface area is 158 Å². The van der Waals surface area contributed by atoms with Crippen molar-refractivity contribution in [3.63, 3.8) is 0 Å². The van der Waals surface area contributed by atoms with Gasteiger partial charge in [0.1, 0.15) is 5.65 Å². The number of H-pyrrole nitrogens is 1. The second kappa shape index (κ2) is 5.98. The number of anilines is 1. The molecule has 140 valence electrons. The Morgan fingerprint density at radius 3 is 2.96 bits per heavy atom. The van der Waals surface area contributed by atoms with E-state index in [0.29, 0.717) is 13.0 Å². The molecule has 2 aliphatic carbocycles. The molecule has 1 unspecified atom stereocenters. The Hall–Kier alpha value is -2.55. The average Bonchev–Trinajstić information content (AvgIpc) is 3.57. The Morgan fingerprint density at radius 1 is 1.37 bits per heavy atom. The molecule has 1 aliphatic heterocycles. The van der Waals surface area contributed by atoms with E-state index in [1.807, 2.05) is 12.4 Å². The van der Waals surface area contributed by atoms with Gasteiger partial charge in [-0.25, -0.2) is 4.98 Å². The lowest BCUT2D eigenvalue weighted by Gasteiger charge is -2.39. The highest BCUT2D eigenvalue weighted by atomic mass is 16.5. The van der Waals surface area contributed by atoms with Crippen LogP contribution in [-0.4, -0.2) is 35.6 Å². The van der Waals surface area contributed by atoms with E-state index in [2.05, 4.69) is 33.1 Å². The molecule has 6 nitrogen and oxygen atoms in total. The fourth-order valence-electron chi connectivity index (χ4n) is 4.66. The lowest BCUT2D eigenvalue weighted by Crippen LogP contribution is -2.45. The van der Waals surface area contributed by atoms with Gasteiger partial charge in [0.25, 0.3) is 0 Å². The van der Waals surface area contributed by atoms with Crippen LogP contribution in [0.3, 0.4) is 0 Å². The number of nitrogens with zero attached hydrogens (tertiary/aromatic N) is 3. The standard InChI is InChI=1S/C21H24N4O2/c22-9-8-20(4-5-20)14-27-19(26)16-3-12-25(13-21(16)6-7-21)17-2-11-24-18-15(17)1-10-23-18/h1-2,10-11,16H,3-8,12-14H2,(H,23,24). The van der Waals surface area contributed by atoms with Crippen molar-refractivity contribution in [2.75, 3.05) is 24.6 Å². The Morgan fingerprint density at radius 2 is 2.22 bits per heavy atom. The summed E-state index contributed by atoms with van der Waals surface area (Å²) in [4.78, 5) is 22.8. The number of piperidine rings is 1. The first-order valence-corrected chi connectivity index (χ1v) is 9.86. The molecule has 2 aromatic rings. The van der Waals surface area contributed by atoms with E-state index in [4.69, 9.17) is 10.00 Å². The van der Waals surface area contributed by atoms with E-state index in [1.54, 1.807) is 0 Å². The summed E-state index contributed by atoms with van der Waals surface area (Å²) in [6.45, 7) is 2.18. The second-order valence-electron chi connectivity index (χ2n) is 8.64. The minimum absolute atomic E-state index is 0.00446. The summed E-state index contributed by atoms with van der Waals surface area (Å²) in [7, 11) is 0. The maximum atomic E-state index is 12.8. The van der Waals surface area contributed by atoms with Crippen LogP contribution < -0.4 is 4.90 Å². The first-order valence-electron chi connectivity index (χ1n) is 9.86. The van der Waals surface area contributed by atoms with Gasteiger partial charge in [-0.2, -0.15) is 5.26 Å².